The second-order valence-electron chi connectivity index (χ2n) is 4.33. The lowest BCUT2D eigenvalue weighted by molar-refractivity contribution is 0.0527. The molecule has 0 radical (unpaired) electrons. The Morgan fingerprint density at radius 2 is 2.15 bits per heavy atom. The SMILES string of the molecule is CCOC(=O)c1cnc2c(OC)ccc(C)c2c1NC. The third-order valence-corrected chi connectivity index (χ3v) is 3.16. The first-order chi connectivity index (χ1) is 9.63. The maximum atomic E-state index is 12.0. The molecule has 0 unspecified atom stereocenters. The van der Waals surface area contributed by atoms with Crippen LogP contribution < -0.4 is 10.1 Å². The summed E-state index contributed by atoms with van der Waals surface area (Å²) in [6.45, 7) is 4.08. The minimum Gasteiger partial charge on any atom is -0.494 e. The molecule has 0 spiro atoms. The van der Waals surface area contributed by atoms with E-state index < -0.39 is 0 Å². The number of carbonyl (C=O) groups excluding carboxylic acids is 1. The Bertz CT molecular complexity index is 653. The number of esters is 1. The summed E-state index contributed by atoms with van der Waals surface area (Å²) in [5.74, 6) is 0.297. The van der Waals surface area contributed by atoms with Crippen LogP contribution in [0.5, 0.6) is 5.75 Å². The topological polar surface area (TPSA) is 60.5 Å². The van der Waals surface area contributed by atoms with Crippen molar-refractivity contribution in [3.05, 3.63) is 29.5 Å². The molecule has 0 aliphatic carbocycles. The Kier molecular flexibility index (Phi) is 4.08. The number of benzene rings is 1. The zero-order chi connectivity index (χ0) is 14.7. The van der Waals surface area contributed by atoms with E-state index in [0.717, 1.165) is 16.5 Å². The molecule has 0 aliphatic rings. The number of carbonyl (C=O) groups is 1. The first-order valence-electron chi connectivity index (χ1n) is 6.45. The van der Waals surface area contributed by atoms with Crippen molar-refractivity contribution < 1.29 is 14.3 Å². The van der Waals surface area contributed by atoms with E-state index in [-0.39, 0.29) is 5.97 Å². The number of methoxy groups -OCH3 is 1. The van der Waals surface area contributed by atoms with Gasteiger partial charge in [0.2, 0.25) is 0 Å². The van der Waals surface area contributed by atoms with Gasteiger partial charge in [-0.2, -0.15) is 0 Å². The van der Waals surface area contributed by atoms with Crippen LogP contribution in [0.2, 0.25) is 0 Å². The molecule has 0 atom stereocenters. The van der Waals surface area contributed by atoms with Gasteiger partial charge in [-0.25, -0.2) is 4.79 Å². The van der Waals surface area contributed by atoms with Crippen LogP contribution in [0, 0.1) is 6.92 Å². The molecule has 0 aliphatic heterocycles. The number of pyridine rings is 1. The number of anilines is 1. The monoisotopic (exact) mass is 274 g/mol. The minimum absolute atomic E-state index is 0.330. The quantitative estimate of drug-likeness (QED) is 0.869. The molecule has 1 heterocycles. The predicted molar refractivity (Wildman–Crippen MR) is 78.5 cm³/mol. The first-order valence-corrected chi connectivity index (χ1v) is 6.45. The van der Waals surface area contributed by atoms with Crippen molar-refractivity contribution in [2.24, 2.45) is 0 Å². The average Bonchev–Trinajstić information content (AvgIpc) is 2.46. The molecule has 2 aromatic rings. The highest BCUT2D eigenvalue weighted by molar-refractivity contribution is 6.07. The Morgan fingerprint density at radius 3 is 2.75 bits per heavy atom. The number of hydrogen-bond acceptors (Lipinski definition) is 5. The largest absolute Gasteiger partial charge is 0.494 e. The zero-order valence-corrected chi connectivity index (χ0v) is 12.1. The van der Waals surface area contributed by atoms with Gasteiger partial charge in [-0.1, -0.05) is 6.07 Å². The molecule has 0 saturated carbocycles. The van der Waals surface area contributed by atoms with Crippen molar-refractivity contribution in [1.29, 1.82) is 0 Å². The van der Waals surface area contributed by atoms with Crippen molar-refractivity contribution >= 4 is 22.6 Å². The standard InChI is InChI=1S/C15H18N2O3/c1-5-20-15(18)10-8-17-14-11(19-4)7-6-9(2)12(14)13(10)16-3/h6-8H,5H2,1-4H3,(H,16,17). The van der Waals surface area contributed by atoms with Gasteiger partial charge in [-0.3, -0.25) is 4.98 Å². The van der Waals surface area contributed by atoms with E-state index >= 15 is 0 Å². The second-order valence-corrected chi connectivity index (χ2v) is 4.33. The molecular formula is C15H18N2O3. The van der Waals surface area contributed by atoms with E-state index in [1.54, 1.807) is 21.1 Å². The maximum absolute atomic E-state index is 12.0. The normalized spacial score (nSPS) is 10.4. The third kappa shape index (κ3) is 2.27. The van der Waals surface area contributed by atoms with Crippen LogP contribution in [-0.4, -0.2) is 31.7 Å². The summed E-state index contributed by atoms with van der Waals surface area (Å²) < 4.78 is 10.4. The molecule has 1 N–H and O–H groups in total. The fourth-order valence-corrected chi connectivity index (χ4v) is 2.23. The molecule has 1 aromatic carbocycles. The minimum atomic E-state index is -0.381. The van der Waals surface area contributed by atoms with E-state index in [2.05, 4.69) is 10.3 Å². The molecule has 0 bridgehead atoms. The summed E-state index contributed by atoms with van der Waals surface area (Å²) in [6, 6.07) is 3.81. The van der Waals surface area contributed by atoms with Crippen molar-refractivity contribution in [2.75, 3.05) is 26.1 Å². The number of nitrogens with zero attached hydrogens (tertiary/aromatic N) is 1. The Hall–Kier alpha value is -2.30. The fourth-order valence-electron chi connectivity index (χ4n) is 2.23. The van der Waals surface area contributed by atoms with E-state index in [1.807, 2.05) is 19.1 Å². The summed E-state index contributed by atoms with van der Waals surface area (Å²) in [5.41, 5.74) is 2.89. The molecule has 1 aromatic heterocycles. The second kappa shape index (κ2) is 5.77. The Labute approximate surface area is 117 Å². The van der Waals surface area contributed by atoms with Crippen molar-refractivity contribution in [1.82, 2.24) is 4.98 Å². The van der Waals surface area contributed by atoms with Gasteiger partial charge in [0.15, 0.2) is 0 Å². The Morgan fingerprint density at radius 1 is 1.40 bits per heavy atom. The number of fused-ring (bicyclic) bond motifs is 1. The fraction of sp³-hybridized carbons (Fsp3) is 0.333. The van der Waals surface area contributed by atoms with E-state index in [4.69, 9.17) is 9.47 Å². The molecule has 0 fully saturated rings. The number of ether oxygens (including phenoxy) is 2. The van der Waals surface area contributed by atoms with Gasteiger partial charge in [0, 0.05) is 18.6 Å². The Balaban J connectivity index is 2.76. The van der Waals surface area contributed by atoms with Crippen molar-refractivity contribution in [3.63, 3.8) is 0 Å². The summed E-state index contributed by atoms with van der Waals surface area (Å²) in [5, 5.41) is 3.95. The van der Waals surface area contributed by atoms with Gasteiger partial charge in [0.1, 0.15) is 16.8 Å². The van der Waals surface area contributed by atoms with Gasteiger partial charge in [0.05, 0.1) is 19.4 Å². The van der Waals surface area contributed by atoms with E-state index in [0.29, 0.717) is 23.6 Å². The molecular weight excluding hydrogens is 256 g/mol. The van der Waals surface area contributed by atoms with Crippen molar-refractivity contribution in [3.8, 4) is 5.75 Å². The molecule has 0 amide bonds. The lowest BCUT2D eigenvalue weighted by Gasteiger charge is -2.14. The zero-order valence-electron chi connectivity index (χ0n) is 12.1. The molecule has 5 nitrogen and oxygen atoms in total. The molecule has 0 saturated heterocycles. The summed E-state index contributed by atoms with van der Waals surface area (Å²) in [7, 11) is 3.38. The van der Waals surface area contributed by atoms with Crippen LogP contribution in [0.4, 0.5) is 5.69 Å². The predicted octanol–water partition coefficient (Wildman–Crippen LogP) is 2.77. The van der Waals surface area contributed by atoms with E-state index in [1.165, 1.54) is 6.20 Å². The molecule has 5 heteroatoms. The molecule has 2 rings (SSSR count). The maximum Gasteiger partial charge on any atom is 0.341 e. The van der Waals surface area contributed by atoms with Gasteiger partial charge >= 0.3 is 5.97 Å². The van der Waals surface area contributed by atoms with Crippen LogP contribution in [0.3, 0.4) is 0 Å². The van der Waals surface area contributed by atoms with Crippen LogP contribution in [0.1, 0.15) is 22.8 Å². The van der Waals surface area contributed by atoms with Crippen LogP contribution in [0.25, 0.3) is 10.9 Å². The highest BCUT2D eigenvalue weighted by Gasteiger charge is 2.18. The highest BCUT2D eigenvalue weighted by atomic mass is 16.5. The number of hydrogen-bond donors (Lipinski definition) is 1. The average molecular weight is 274 g/mol. The smallest absolute Gasteiger partial charge is 0.341 e. The van der Waals surface area contributed by atoms with Gasteiger partial charge in [-0.05, 0) is 25.5 Å². The van der Waals surface area contributed by atoms with Crippen LogP contribution >= 0.6 is 0 Å². The van der Waals surface area contributed by atoms with Crippen molar-refractivity contribution in [2.45, 2.75) is 13.8 Å². The lowest BCUT2D eigenvalue weighted by atomic mass is 10.0. The summed E-state index contributed by atoms with van der Waals surface area (Å²) >= 11 is 0. The number of nitrogens with one attached hydrogen (secondary N) is 1. The highest BCUT2D eigenvalue weighted by Crippen LogP contribution is 2.34. The number of aryl methyl sites for hydroxylation is 1. The van der Waals surface area contributed by atoms with Crippen LogP contribution in [-0.2, 0) is 4.74 Å². The van der Waals surface area contributed by atoms with Gasteiger partial charge in [0.25, 0.3) is 0 Å². The summed E-state index contributed by atoms with van der Waals surface area (Å²) in [6.07, 6.45) is 1.52. The number of rotatable bonds is 4. The third-order valence-electron chi connectivity index (χ3n) is 3.16. The first kappa shape index (κ1) is 14.1. The molecule has 20 heavy (non-hydrogen) atoms. The molecule has 106 valence electrons. The van der Waals surface area contributed by atoms with E-state index in [9.17, 15) is 4.79 Å². The van der Waals surface area contributed by atoms with Crippen LogP contribution in [0.15, 0.2) is 18.3 Å². The van der Waals surface area contributed by atoms with Gasteiger partial charge in [-0.15, -0.1) is 0 Å². The lowest BCUT2D eigenvalue weighted by Crippen LogP contribution is -2.10. The van der Waals surface area contributed by atoms with Gasteiger partial charge < -0.3 is 14.8 Å². The summed E-state index contributed by atoms with van der Waals surface area (Å²) in [4.78, 5) is 16.4. The number of aromatic nitrogens is 1.